The van der Waals surface area contributed by atoms with Gasteiger partial charge in [0.05, 0.1) is 7.11 Å². The largest absolute Gasteiger partial charge is 0.471 e. The van der Waals surface area contributed by atoms with Crippen LogP contribution in [0.4, 0.5) is 13.2 Å². The molecule has 0 aliphatic rings. The predicted molar refractivity (Wildman–Crippen MR) is 78.2 cm³/mol. The van der Waals surface area contributed by atoms with E-state index < -0.39 is 35.7 Å². The summed E-state index contributed by atoms with van der Waals surface area (Å²) in [7, 11) is 1.09. The molecule has 0 aliphatic heterocycles. The topological polar surface area (TPSA) is 84.5 Å². The molecule has 0 saturated heterocycles. The second-order valence-corrected chi connectivity index (χ2v) is 4.64. The van der Waals surface area contributed by atoms with Crippen molar-refractivity contribution in [2.75, 3.05) is 7.11 Å². The zero-order valence-corrected chi connectivity index (χ0v) is 12.8. The molecule has 130 valence electrons. The van der Waals surface area contributed by atoms with Crippen LogP contribution in [0, 0.1) is 0 Å². The number of amides is 2. The number of methoxy groups -OCH3 is 1. The van der Waals surface area contributed by atoms with Gasteiger partial charge in [0.15, 0.2) is 0 Å². The van der Waals surface area contributed by atoms with Crippen LogP contribution in [-0.4, -0.2) is 37.1 Å². The minimum absolute atomic E-state index is 0.385. The van der Waals surface area contributed by atoms with Gasteiger partial charge >= 0.3 is 18.1 Å². The first-order chi connectivity index (χ1) is 11.1. The fraction of sp³-hybridized carbons (Fsp3) is 0.267. The maximum Gasteiger partial charge on any atom is 0.471 e. The lowest BCUT2D eigenvalue weighted by molar-refractivity contribution is -0.172. The molecule has 1 aromatic rings. The van der Waals surface area contributed by atoms with Gasteiger partial charge in [-0.1, -0.05) is 30.3 Å². The van der Waals surface area contributed by atoms with Crippen molar-refractivity contribution in [3.63, 3.8) is 0 Å². The Bertz CT molecular complexity index is 642. The number of alkyl halides is 3. The van der Waals surface area contributed by atoms with Crippen LogP contribution < -0.4 is 10.6 Å². The Kier molecular flexibility index (Phi) is 6.51. The van der Waals surface area contributed by atoms with Gasteiger partial charge in [-0.05, 0) is 18.6 Å². The zero-order chi connectivity index (χ0) is 18.3. The molecule has 0 heterocycles. The monoisotopic (exact) mass is 344 g/mol. The molecule has 0 aliphatic carbocycles. The minimum Gasteiger partial charge on any atom is -0.467 e. The lowest BCUT2D eigenvalue weighted by Gasteiger charge is -2.15. The second kappa shape index (κ2) is 8.14. The molecule has 9 heteroatoms. The molecule has 0 unspecified atom stereocenters. The lowest BCUT2D eigenvalue weighted by Crippen LogP contribution is -2.45. The lowest BCUT2D eigenvalue weighted by atomic mass is 10.2. The summed E-state index contributed by atoms with van der Waals surface area (Å²) < 4.78 is 41.6. The first kappa shape index (κ1) is 19.2. The van der Waals surface area contributed by atoms with E-state index in [2.05, 4.69) is 10.1 Å². The first-order valence-corrected chi connectivity index (χ1v) is 6.68. The van der Waals surface area contributed by atoms with Crippen LogP contribution in [0.1, 0.15) is 12.5 Å². The van der Waals surface area contributed by atoms with E-state index >= 15 is 0 Å². The number of rotatable bonds is 5. The Balaban J connectivity index is 3.05. The highest BCUT2D eigenvalue weighted by molar-refractivity contribution is 6.03. The Morgan fingerprint density at radius 2 is 1.75 bits per heavy atom. The van der Waals surface area contributed by atoms with Crippen molar-refractivity contribution in [3.05, 3.63) is 41.6 Å². The van der Waals surface area contributed by atoms with E-state index in [4.69, 9.17) is 0 Å². The number of esters is 1. The molecule has 2 N–H and O–H groups in total. The van der Waals surface area contributed by atoms with Crippen LogP contribution in [0.25, 0.3) is 6.08 Å². The third-order valence-corrected chi connectivity index (χ3v) is 2.76. The maximum absolute atomic E-state index is 12.4. The number of nitrogens with one attached hydrogen (secondary N) is 2. The Morgan fingerprint density at radius 1 is 1.17 bits per heavy atom. The highest BCUT2D eigenvalue weighted by Crippen LogP contribution is 2.16. The summed E-state index contributed by atoms with van der Waals surface area (Å²) in [5.74, 6) is -4.15. The molecule has 0 spiro atoms. The van der Waals surface area contributed by atoms with Crippen LogP contribution in [0.15, 0.2) is 36.0 Å². The zero-order valence-electron chi connectivity index (χ0n) is 12.8. The van der Waals surface area contributed by atoms with Crippen molar-refractivity contribution in [2.45, 2.75) is 19.1 Å². The number of carbonyl (C=O) groups is 3. The molecule has 0 saturated carbocycles. The second-order valence-electron chi connectivity index (χ2n) is 4.64. The van der Waals surface area contributed by atoms with Gasteiger partial charge in [-0.25, -0.2) is 4.79 Å². The summed E-state index contributed by atoms with van der Waals surface area (Å²) in [4.78, 5) is 34.5. The number of hydrogen-bond donors (Lipinski definition) is 2. The van der Waals surface area contributed by atoms with Gasteiger partial charge in [-0.2, -0.15) is 13.2 Å². The molecule has 0 fully saturated rings. The summed E-state index contributed by atoms with van der Waals surface area (Å²) in [6.45, 7) is 1.29. The van der Waals surface area contributed by atoms with Crippen LogP contribution in [-0.2, 0) is 19.1 Å². The SMILES string of the molecule is COC(=O)[C@H](C)NC(=O)C(=Cc1ccccc1)NC(=O)C(F)(F)F. The van der Waals surface area contributed by atoms with E-state index in [9.17, 15) is 27.6 Å². The van der Waals surface area contributed by atoms with Crippen molar-refractivity contribution in [1.29, 1.82) is 0 Å². The van der Waals surface area contributed by atoms with Crippen LogP contribution in [0.3, 0.4) is 0 Å². The van der Waals surface area contributed by atoms with Crippen LogP contribution >= 0.6 is 0 Å². The third-order valence-electron chi connectivity index (χ3n) is 2.76. The summed E-state index contributed by atoms with van der Waals surface area (Å²) in [6, 6.07) is 6.82. The van der Waals surface area contributed by atoms with Gasteiger partial charge in [-0.15, -0.1) is 0 Å². The average Bonchev–Trinajstić information content (AvgIpc) is 2.53. The van der Waals surface area contributed by atoms with Gasteiger partial charge in [0.25, 0.3) is 5.91 Å². The standard InChI is InChI=1S/C15H15F3N2O4/c1-9(13(22)24-2)19-12(21)11(20-14(23)15(16,17)18)8-10-6-4-3-5-7-10/h3-9H,1-2H3,(H,19,21)(H,20,23)/t9-/m0/s1. The maximum atomic E-state index is 12.4. The van der Waals surface area contributed by atoms with Gasteiger partial charge in [0, 0.05) is 0 Å². The summed E-state index contributed by atoms with van der Waals surface area (Å²) >= 11 is 0. The smallest absolute Gasteiger partial charge is 0.467 e. The Morgan fingerprint density at radius 3 is 2.25 bits per heavy atom. The van der Waals surface area contributed by atoms with Crippen molar-refractivity contribution in [2.24, 2.45) is 0 Å². The Labute approximate surface area is 135 Å². The fourth-order valence-corrected chi connectivity index (χ4v) is 1.58. The molecule has 1 atom stereocenters. The summed E-state index contributed by atoms with van der Waals surface area (Å²) in [6.07, 6.45) is -4.10. The van der Waals surface area contributed by atoms with E-state index in [1.54, 1.807) is 18.2 Å². The highest BCUT2D eigenvalue weighted by Gasteiger charge is 2.39. The van der Waals surface area contributed by atoms with Crippen LogP contribution in [0.2, 0.25) is 0 Å². The molecule has 0 aromatic heterocycles. The molecule has 6 nitrogen and oxygen atoms in total. The molecule has 0 bridgehead atoms. The first-order valence-electron chi connectivity index (χ1n) is 6.68. The van der Waals surface area contributed by atoms with Gasteiger partial charge in [0.1, 0.15) is 11.7 Å². The normalized spacial score (nSPS) is 13.0. The molecule has 24 heavy (non-hydrogen) atoms. The van der Waals surface area contributed by atoms with E-state index in [1.807, 2.05) is 0 Å². The molecule has 1 aromatic carbocycles. The summed E-state index contributed by atoms with van der Waals surface area (Å²) in [5, 5.41) is 3.64. The number of benzene rings is 1. The van der Waals surface area contributed by atoms with Crippen molar-refractivity contribution >= 4 is 23.9 Å². The molecular formula is C15H15F3N2O4. The van der Waals surface area contributed by atoms with Crippen molar-refractivity contribution in [3.8, 4) is 0 Å². The van der Waals surface area contributed by atoms with E-state index in [0.717, 1.165) is 13.2 Å². The number of ether oxygens (including phenoxy) is 1. The highest BCUT2D eigenvalue weighted by atomic mass is 19.4. The van der Waals surface area contributed by atoms with Gasteiger partial charge in [0.2, 0.25) is 0 Å². The van der Waals surface area contributed by atoms with E-state index in [1.165, 1.54) is 24.4 Å². The Hall–Kier alpha value is -2.84. The van der Waals surface area contributed by atoms with E-state index in [0.29, 0.717) is 5.56 Å². The molecule has 0 radical (unpaired) electrons. The van der Waals surface area contributed by atoms with Crippen LogP contribution in [0.5, 0.6) is 0 Å². The number of carbonyl (C=O) groups excluding carboxylic acids is 3. The van der Waals surface area contributed by atoms with Crippen molar-refractivity contribution < 1.29 is 32.3 Å². The van der Waals surface area contributed by atoms with E-state index in [-0.39, 0.29) is 0 Å². The van der Waals surface area contributed by atoms with Gasteiger partial charge in [-0.3, -0.25) is 9.59 Å². The number of hydrogen-bond acceptors (Lipinski definition) is 4. The quantitative estimate of drug-likeness (QED) is 0.624. The number of halogens is 3. The fourth-order valence-electron chi connectivity index (χ4n) is 1.58. The minimum atomic E-state index is -5.16. The third kappa shape index (κ3) is 5.75. The van der Waals surface area contributed by atoms with Crippen molar-refractivity contribution in [1.82, 2.24) is 10.6 Å². The molecular weight excluding hydrogens is 329 g/mol. The molecule has 1 rings (SSSR count). The average molecular weight is 344 g/mol. The summed E-state index contributed by atoms with van der Waals surface area (Å²) in [5.41, 5.74) is -0.268. The van der Waals surface area contributed by atoms with Gasteiger partial charge < -0.3 is 15.4 Å². The molecule has 2 amide bonds. The predicted octanol–water partition coefficient (Wildman–Crippen LogP) is 1.38.